The van der Waals surface area contributed by atoms with Gasteiger partial charge in [-0.25, -0.2) is 4.79 Å². The molecule has 0 radical (unpaired) electrons. The Bertz CT molecular complexity index is 815. The van der Waals surface area contributed by atoms with Crippen LogP contribution in [0.1, 0.15) is 16.7 Å². The lowest BCUT2D eigenvalue weighted by atomic mass is 10.1. The molecule has 0 aliphatic carbocycles. The molecule has 0 spiro atoms. The zero-order valence-corrected chi connectivity index (χ0v) is 16.6. The van der Waals surface area contributed by atoms with Gasteiger partial charge in [-0.15, -0.1) is 0 Å². The minimum absolute atomic E-state index is 0.236. The fourth-order valence-corrected chi connectivity index (χ4v) is 3.36. The maximum Gasteiger partial charge on any atom is 0.325 e. The van der Waals surface area contributed by atoms with Crippen LogP contribution in [0, 0.1) is 13.8 Å². The van der Waals surface area contributed by atoms with Crippen molar-refractivity contribution in [1.29, 1.82) is 0 Å². The van der Waals surface area contributed by atoms with Crippen molar-refractivity contribution in [2.45, 2.75) is 20.4 Å². The summed E-state index contributed by atoms with van der Waals surface area (Å²) in [6, 6.07) is 15.6. The molecule has 6 nitrogen and oxygen atoms in total. The predicted molar refractivity (Wildman–Crippen MR) is 111 cm³/mol. The largest absolute Gasteiger partial charge is 0.325 e. The molecule has 0 bridgehead atoms. The first kappa shape index (κ1) is 20.0. The first-order valence-corrected chi connectivity index (χ1v) is 9.67. The fourth-order valence-electron chi connectivity index (χ4n) is 3.36. The number of rotatable bonds is 5. The van der Waals surface area contributed by atoms with Crippen molar-refractivity contribution in [3.8, 4) is 0 Å². The maximum absolute atomic E-state index is 12.2. The number of carbonyl (C=O) groups is 2. The Kier molecular flexibility index (Phi) is 6.79. The van der Waals surface area contributed by atoms with Gasteiger partial charge in [0.2, 0.25) is 5.91 Å². The molecule has 3 amide bonds. The Morgan fingerprint density at radius 3 is 2.29 bits per heavy atom. The molecule has 1 aliphatic rings. The van der Waals surface area contributed by atoms with Crippen LogP contribution in [-0.4, -0.2) is 54.5 Å². The number of piperazine rings is 1. The van der Waals surface area contributed by atoms with Crippen LogP contribution in [0.5, 0.6) is 0 Å². The normalized spacial score (nSPS) is 15.2. The van der Waals surface area contributed by atoms with E-state index in [-0.39, 0.29) is 12.5 Å². The Labute approximate surface area is 166 Å². The van der Waals surface area contributed by atoms with E-state index in [0.717, 1.165) is 49.5 Å². The number of imide groups is 1. The van der Waals surface area contributed by atoms with Crippen molar-refractivity contribution >= 4 is 17.6 Å². The molecule has 1 aliphatic heterocycles. The van der Waals surface area contributed by atoms with Crippen molar-refractivity contribution in [2.75, 3.05) is 38.0 Å². The highest BCUT2D eigenvalue weighted by Gasteiger charge is 2.20. The minimum Gasteiger partial charge on any atom is -0.307 e. The van der Waals surface area contributed by atoms with Crippen molar-refractivity contribution in [3.63, 3.8) is 0 Å². The molecule has 2 aromatic carbocycles. The summed E-state index contributed by atoms with van der Waals surface area (Å²) in [6.45, 7) is 8.56. The summed E-state index contributed by atoms with van der Waals surface area (Å²) in [6.07, 6.45) is 0. The Morgan fingerprint density at radius 2 is 1.57 bits per heavy atom. The Morgan fingerprint density at radius 1 is 0.893 bits per heavy atom. The van der Waals surface area contributed by atoms with E-state index in [4.69, 9.17) is 0 Å². The van der Waals surface area contributed by atoms with Crippen molar-refractivity contribution in [2.24, 2.45) is 0 Å². The van der Waals surface area contributed by atoms with Crippen LogP contribution in [-0.2, 0) is 11.3 Å². The Hall–Kier alpha value is -2.70. The van der Waals surface area contributed by atoms with Gasteiger partial charge in [-0.1, -0.05) is 42.5 Å². The summed E-state index contributed by atoms with van der Waals surface area (Å²) >= 11 is 0. The lowest BCUT2D eigenvalue weighted by Crippen LogP contribution is -2.50. The highest BCUT2D eigenvalue weighted by atomic mass is 16.2. The molecule has 0 atom stereocenters. The van der Waals surface area contributed by atoms with Gasteiger partial charge in [0, 0.05) is 38.4 Å². The number of benzene rings is 2. The number of hydrogen-bond acceptors (Lipinski definition) is 4. The molecule has 2 N–H and O–H groups in total. The lowest BCUT2D eigenvalue weighted by Gasteiger charge is -2.34. The highest BCUT2D eigenvalue weighted by Crippen LogP contribution is 2.17. The van der Waals surface area contributed by atoms with E-state index in [1.54, 1.807) is 0 Å². The number of anilines is 1. The van der Waals surface area contributed by atoms with Gasteiger partial charge >= 0.3 is 6.03 Å². The molecule has 0 aromatic heterocycles. The molecule has 148 valence electrons. The molecule has 0 unspecified atom stereocenters. The van der Waals surface area contributed by atoms with Crippen LogP contribution in [0.2, 0.25) is 0 Å². The van der Waals surface area contributed by atoms with Crippen LogP contribution < -0.4 is 10.6 Å². The number of nitrogens with one attached hydrogen (secondary N) is 2. The van der Waals surface area contributed by atoms with Crippen molar-refractivity contribution < 1.29 is 9.59 Å². The zero-order valence-electron chi connectivity index (χ0n) is 16.6. The summed E-state index contributed by atoms with van der Waals surface area (Å²) in [7, 11) is 0. The predicted octanol–water partition coefficient (Wildman–Crippen LogP) is 2.77. The van der Waals surface area contributed by atoms with Crippen LogP contribution in [0.4, 0.5) is 10.5 Å². The topological polar surface area (TPSA) is 64.7 Å². The van der Waals surface area contributed by atoms with E-state index in [1.165, 1.54) is 5.56 Å². The molecule has 28 heavy (non-hydrogen) atoms. The van der Waals surface area contributed by atoms with Gasteiger partial charge in [0.1, 0.15) is 0 Å². The van der Waals surface area contributed by atoms with Gasteiger partial charge in [0.05, 0.1) is 6.54 Å². The van der Waals surface area contributed by atoms with Gasteiger partial charge in [-0.2, -0.15) is 0 Å². The number of hydrogen-bond donors (Lipinski definition) is 2. The summed E-state index contributed by atoms with van der Waals surface area (Å²) in [4.78, 5) is 28.8. The first-order chi connectivity index (χ1) is 13.5. The summed E-state index contributed by atoms with van der Waals surface area (Å²) in [5, 5.41) is 5.19. The van der Waals surface area contributed by atoms with Crippen LogP contribution >= 0.6 is 0 Å². The van der Waals surface area contributed by atoms with Gasteiger partial charge in [0.25, 0.3) is 0 Å². The molecular formula is C22H28N4O2. The van der Waals surface area contributed by atoms with E-state index >= 15 is 0 Å². The fraction of sp³-hybridized carbons (Fsp3) is 0.364. The van der Waals surface area contributed by atoms with Gasteiger partial charge in [0.15, 0.2) is 0 Å². The number of aryl methyl sites for hydroxylation is 1. The summed E-state index contributed by atoms with van der Waals surface area (Å²) in [5.41, 5.74) is 4.12. The third-order valence-electron chi connectivity index (χ3n) is 5.19. The van der Waals surface area contributed by atoms with Gasteiger partial charge < -0.3 is 5.32 Å². The summed E-state index contributed by atoms with van der Waals surface area (Å²) in [5.74, 6) is -0.278. The minimum atomic E-state index is -0.485. The molecule has 2 aromatic rings. The third-order valence-corrected chi connectivity index (χ3v) is 5.19. The van der Waals surface area contributed by atoms with Crippen LogP contribution in [0.25, 0.3) is 0 Å². The molecule has 1 heterocycles. The van der Waals surface area contributed by atoms with Gasteiger partial charge in [-0.3, -0.25) is 19.9 Å². The second-order valence-corrected chi connectivity index (χ2v) is 7.29. The SMILES string of the molecule is Cc1cccc(NC(=O)NC(=O)CN2CCN(Cc3ccccc3)CC2)c1C. The maximum atomic E-state index is 12.2. The highest BCUT2D eigenvalue weighted by molar-refractivity contribution is 6.02. The molecule has 0 saturated carbocycles. The monoisotopic (exact) mass is 380 g/mol. The second-order valence-electron chi connectivity index (χ2n) is 7.29. The van der Waals surface area contributed by atoms with Crippen LogP contribution in [0.3, 0.4) is 0 Å². The van der Waals surface area contributed by atoms with Crippen LogP contribution in [0.15, 0.2) is 48.5 Å². The molecule has 6 heteroatoms. The average molecular weight is 380 g/mol. The Balaban J connectivity index is 1.40. The number of amides is 3. The standard InChI is InChI=1S/C22H28N4O2/c1-17-7-6-10-20(18(17)2)23-22(28)24-21(27)16-26-13-11-25(12-14-26)15-19-8-4-3-5-9-19/h3-10H,11-16H2,1-2H3,(H2,23,24,27,28). The van der Waals surface area contributed by atoms with Crippen molar-refractivity contribution in [1.82, 2.24) is 15.1 Å². The smallest absolute Gasteiger partial charge is 0.307 e. The van der Waals surface area contributed by atoms with E-state index in [9.17, 15) is 9.59 Å². The number of nitrogens with zero attached hydrogens (tertiary/aromatic N) is 2. The molecule has 3 rings (SSSR count). The summed E-state index contributed by atoms with van der Waals surface area (Å²) < 4.78 is 0. The second kappa shape index (κ2) is 9.48. The van der Waals surface area contributed by atoms with E-state index < -0.39 is 6.03 Å². The molecule has 1 fully saturated rings. The zero-order chi connectivity index (χ0) is 19.9. The quantitative estimate of drug-likeness (QED) is 0.837. The van der Waals surface area contributed by atoms with Gasteiger partial charge in [-0.05, 0) is 36.6 Å². The average Bonchev–Trinajstić information content (AvgIpc) is 2.68. The number of carbonyl (C=O) groups excluding carboxylic acids is 2. The molecular weight excluding hydrogens is 352 g/mol. The van der Waals surface area contributed by atoms with E-state index in [0.29, 0.717) is 0 Å². The van der Waals surface area contributed by atoms with E-state index in [1.807, 2.05) is 38.1 Å². The van der Waals surface area contributed by atoms with E-state index in [2.05, 4.69) is 44.7 Å². The first-order valence-electron chi connectivity index (χ1n) is 9.67. The third kappa shape index (κ3) is 5.65. The molecule has 1 saturated heterocycles. The van der Waals surface area contributed by atoms with Crippen molar-refractivity contribution in [3.05, 3.63) is 65.2 Å². The number of urea groups is 1. The lowest BCUT2D eigenvalue weighted by molar-refractivity contribution is -0.121.